The fourth-order valence-electron chi connectivity index (χ4n) is 2.15. The van der Waals surface area contributed by atoms with Gasteiger partial charge in [-0.15, -0.1) is 0 Å². The van der Waals surface area contributed by atoms with E-state index in [1.54, 1.807) is 0 Å². The van der Waals surface area contributed by atoms with Crippen LogP contribution in [0, 0.1) is 5.92 Å². The highest BCUT2D eigenvalue weighted by Crippen LogP contribution is 2.22. The maximum absolute atomic E-state index is 3.65. The number of nitrogens with one attached hydrogen (secondary N) is 1. The third-order valence-corrected chi connectivity index (χ3v) is 4.02. The molecule has 0 radical (unpaired) electrons. The molecule has 0 spiro atoms. The maximum Gasteiger partial charge on any atom is 0.0207 e. The summed E-state index contributed by atoms with van der Waals surface area (Å²) in [6, 6.07) is 9.17. The van der Waals surface area contributed by atoms with Gasteiger partial charge in [-0.25, -0.2) is 0 Å². The number of benzene rings is 1. The van der Waals surface area contributed by atoms with Crippen LogP contribution in [-0.4, -0.2) is 12.6 Å². The van der Waals surface area contributed by atoms with Crippen molar-refractivity contribution < 1.29 is 0 Å². The summed E-state index contributed by atoms with van der Waals surface area (Å²) >= 11 is 3.65. The van der Waals surface area contributed by atoms with Gasteiger partial charge in [-0.05, 0) is 36.9 Å². The predicted octanol–water partition coefficient (Wildman–Crippen LogP) is 4.80. The van der Waals surface area contributed by atoms with E-state index in [1.807, 2.05) is 0 Å². The first-order valence-corrected chi connectivity index (χ1v) is 7.89. The van der Waals surface area contributed by atoms with Crippen molar-refractivity contribution in [2.24, 2.45) is 5.92 Å². The lowest BCUT2D eigenvalue weighted by atomic mass is 9.94. The van der Waals surface area contributed by atoms with Crippen LogP contribution < -0.4 is 5.32 Å². The summed E-state index contributed by atoms with van der Waals surface area (Å²) in [5.74, 6) is 0.742. The van der Waals surface area contributed by atoms with E-state index >= 15 is 0 Å². The summed E-state index contributed by atoms with van der Waals surface area (Å²) in [7, 11) is 0. The second-order valence-electron chi connectivity index (χ2n) is 5.37. The number of halogens is 1. The summed E-state index contributed by atoms with van der Waals surface area (Å²) in [5, 5.41) is 3.58. The van der Waals surface area contributed by atoms with Crippen LogP contribution in [0.25, 0.3) is 0 Å². The molecule has 1 atom stereocenters. The molecule has 1 unspecified atom stereocenters. The van der Waals surface area contributed by atoms with Gasteiger partial charge in [0.15, 0.2) is 0 Å². The zero-order chi connectivity index (χ0) is 13.4. The Labute approximate surface area is 120 Å². The average molecular weight is 312 g/mol. The van der Waals surface area contributed by atoms with Crippen molar-refractivity contribution >= 4 is 15.9 Å². The predicted molar refractivity (Wildman–Crippen MR) is 84.0 cm³/mol. The smallest absolute Gasteiger partial charge is 0.0207 e. The molecule has 0 aliphatic carbocycles. The molecule has 1 aromatic carbocycles. The van der Waals surface area contributed by atoms with Crippen molar-refractivity contribution in [3.05, 3.63) is 34.3 Å². The molecule has 0 amide bonds. The molecule has 1 N–H and O–H groups in total. The Kier molecular flexibility index (Phi) is 7.60. The molecule has 1 rings (SSSR count). The highest BCUT2D eigenvalue weighted by Gasteiger charge is 2.11. The molecule has 0 bridgehead atoms. The molecule has 0 saturated carbocycles. The summed E-state index contributed by atoms with van der Waals surface area (Å²) in [6.07, 6.45) is 5.10. The van der Waals surface area contributed by atoms with Crippen LogP contribution in [0.3, 0.4) is 0 Å². The van der Waals surface area contributed by atoms with E-state index in [4.69, 9.17) is 0 Å². The molecule has 0 aromatic heterocycles. The van der Waals surface area contributed by atoms with Gasteiger partial charge in [-0.3, -0.25) is 0 Å². The van der Waals surface area contributed by atoms with Gasteiger partial charge >= 0.3 is 0 Å². The molecule has 0 heterocycles. The van der Waals surface area contributed by atoms with Gasteiger partial charge in [-0.1, -0.05) is 67.7 Å². The molecule has 18 heavy (non-hydrogen) atoms. The largest absolute Gasteiger partial charge is 0.314 e. The lowest BCUT2D eigenvalue weighted by molar-refractivity contribution is 0.410. The van der Waals surface area contributed by atoms with Crippen LogP contribution in [0.1, 0.15) is 45.6 Å². The van der Waals surface area contributed by atoms with Crippen LogP contribution in [0.4, 0.5) is 0 Å². The lowest BCUT2D eigenvalue weighted by Gasteiger charge is -2.20. The maximum atomic E-state index is 3.65. The van der Waals surface area contributed by atoms with Gasteiger partial charge < -0.3 is 5.32 Å². The van der Waals surface area contributed by atoms with Crippen LogP contribution in [0.15, 0.2) is 28.7 Å². The SMILES string of the molecule is CCCCC(CNC(C)C)Cc1ccccc1Br. The number of unbranched alkanes of at least 4 members (excludes halogenated alkanes) is 1. The fourth-order valence-corrected chi connectivity index (χ4v) is 2.59. The van der Waals surface area contributed by atoms with Gasteiger partial charge in [0.05, 0.1) is 0 Å². The van der Waals surface area contributed by atoms with Crippen LogP contribution in [0.2, 0.25) is 0 Å². The van der Waals surface area contributed by atoms with Crippen molar-refractivity contribution in [1.29, 1.82) is 0 Å². The van der Waals surface area contributed by atoms with E-state index in [0.29, 0.717) is 6.04 Å². The van der Waals surface area contributed by atoms with E-state index in [-0.39, 0.29) is 0 Å². The Morgan fingerprint density at radius 2 is 1.94 bits per heavy atom. The normalized spacial score (nSPS) is 12.9. The molecule has 0 fully saturated rings. The average Bonchev–Trinajstić information content (AvgIpc) is 2.35. The Bertz CT molecular complexity index is 336. The van der Waals surface area contributed by atoms with E-state index in [9.17, 15) is 0 Å². The molecule has 0 saturated heterocycles. The molecule has 1 nitrogen and oxygen atoms in total. The van der Waals surface area contributed by atoms with Crippen molar-refractivity contribution in [1.82, 2.24) is 5.32 Å². The summed E-state index contributed by atoms with van der Waals surface area (Å²) in [4.78, 5) is 0. The lowest BCUT2D eigenvalue weighted by Crippen LogP contribution is -2.30. The second kappa shape index (κ2) is 8.71. The van der Waals surface area contributed by atoms with Gasteiger partial charge in [0.25, 0.3) is 0 Å². The second-order valence-corrected chi connectivity index (χ2v) is 6.22. The molecule has 0 aliphatic rings. The molecule has 0 aliphatic heterocycles. The highest BCUT2D eigenvalue weighted by molar-refractivity contribution is 9.10. The highest BCUT2D eigenvalue weighted by atomic mass is 79.9. The van der Waals surface area contributed by atoms with Crippen molar-refractivity contribution in [2.45, 2.75) is 52.5 Å². The Morgan fingerprint density at radius 1 is 1.22 bits per heavy atom. The monoisotopic (exact) mass is 311 g/mol. The number of hydrogen-bond acceptors (Lipinski definition) is 1. The molecule has 2 heteroatoms. The number of rotatable bonds is 8. The fraction of sp³-hybridized carbons (Fsp3) is 0.625. The first kappa shape index (κ1) is 15.7. The Hall–Kier alpha value is -0.340. The third kappa shape index (κ3) is 6.01. The van der Waals surface area contributed by atoms with E-state index < -0.39 is 0 Å². The standard InChI is InChI=1S/C16H26BrN/c1-4-5-8-14(12-18-13(2)3)11-15-9-6-7-10-16(15)17/h6-7,9-10,13-14,18H,4-5,8,11-12H2,1-3H3. The summed E-state index contributed by atoms with van der Waals surface area (Å²) < 4.78 is 1.25. The van der Waals surface area contributed by atoms with Crippen molar-refractivity contribution in [2.75, 3.05) is 6.54 Å². The first-order valence-electron chi connectivity index (χ1n) is 7.10. The zero-order valence-electron chi connectivity index (χ0n) is 11.9. The molecule has 102 valence electrons. The van der Waals surface area contributed by atoms with Crippen molar-refractivity contribution in [3.63, 3.8) is 0 Å². The molecule has 1 aromatic rings. The van der Waals surface area contributed by atoms with Gasteiger partial charge in [-0.2, -0.15) is 0 Å². The van der Waals surface area contributed by atoms with Crippen molar-refractivity contribution in [3.8, 4) is 0 Å². The minimum atomic E-state index is 0.577. The quantitative estimate of drug-likeness (QED) is 0.727. The number of hydrogen-bond donors (Lipinski definition) is 1. The van der Waals surface area contributed by atoms with Crippen LogP contribution in [-0.2, 0) is 6.42 Å². The van der Waals surface area contributed by atoms with Gasteiger partial charge in [0.2, 0.25) is 0 Å². The third-order valence-electron chi connectivity index (χ3n) is 3.25. The van der Waals surface area contributed by atoms with Gasteiger partial charge in [0, 0.05) is 10.5 Å². The zero-order valence-corrected chi connectivity index (χ0v) is 13.5. The Morgan fingerprint density at radius 3 is 2.56 bits per heavy atom. The minimum Gasteiger partial charge on any atom is -0.314 e. The summed E-state index contributed by atoms with van der Waals surface area (Å²) in [6.45, 7) is 7.83. The Balaban J connectivity index is 2.56. The van der Waals surface area contributed by atoms with E-state index in [2.05, 4.69) is 66.3 Å². The summed E-state index contributed by atoms with van der Waals surface area (Å²) in [5.41, 5.74) is 1.43. The van der Waals surface area contributed by atoms with E-state index in [1.165, 1.54) is 35.7 Å². The molecular formula is C16H26BrN. The minimum absolute atomic E-state index is 0.577. The van der Waals surface area contributed by atoms with Crippen LogP contribution >= 0.6 is 15.9 Å². The first-order chi connectivity index (χ1) is 8.63. The molecular weight excluding hydrogens is 286 g/mol. The topological polar surface area (TPSA) is 12.0 Å². The van der Waals surface area contributed by atoms with Gasteiger partial charge in [0.1, 0.15) is 0 Å². The van der Waals surface area contributed by atoms with E-state index in [0.717, 1.165) is 12.5 Å². The van der Waals surface area contributed by atoms with Crippen LogP contribution in [0.5, 0.6) is 0 Å².